The molecule has 0 aromatic rings. The molecule has 1 N–H and O–H groups in total. The van der Waals surface area contributed by atoms with Crippen LogP contribution in [-0.4, -0.2) is 35.0 Å². The van der Waals surface area contributed by atoms with E-state index in [0.717, 1.165) is 0 Å². The zero-order valence-electron chi connectivity index (χ0n) is 11.0. The van der Waals surface area contributed by atoms with Crippen molar-refractivity contribution >= 4 is 11.9 Å². The Morgan fingerprint density at radius 2 is 1.76 bits per heavy atom. The normalized spacial score (nSPS) is 19.4. The third-order valence-corrected chi connectivity index (χ3v) is 3.83. The van der Waals surface area contributed by atoms with Gasteiger partial charge in [-0.25, -0.2) is 0 Å². The summed E-state index contributed by atoms with van der Waals surface area (Å²) in [4.78, 5) is 24.6. The summed E-state index contributed by atoms with van der Waals surface area (Å²) in [6, 6.07) is 0. The predicted molar refractivity (Wildman–Crippen MR) is 65.6 cm³/mol. The predicted octanol–water partition coefficient (Wildman–Crippen LogP) is 1.99. The van der Waals surface area contributed by atoms with Crippen molar-refractivity contribution in [3.63, 3.8) is 0 Å². The van der Waals surface area contributed by atoms with E-state index in [1.54, 1.807) is 0 Å². The Labute approximate surface area is 103 Å². The van der Waals surface area contributed by atoms with Crippen molar-refractivity contribution in [2.75, 3.05) is 13.1 Å². The Hall–Kier alpha value is -1.06. The van der Waals surface area contributed by atoms with Crippen LogP contribution in [0.5, 0.6) is 0 Å². The molecule has 1 unspecified atom stereocenters. The van der Waals surface area contributed by atoms with Gasteiger partial charge >= 0.3 is 5.97 Å². The highest BCUT2D eigenvalue weighted by Crippen LogP contribution is 2.20. The van der Waals surface area contributed by atoms with Crippen molar-refractivity contribution in [3.8, 4) is 0 Å². The van der Waals surface area contributed by atoms with Crippen molar-refractivity contribution in [2.24, 2.45) is 17.8 Å². The maximum absolute atomic E-state index is 12.0. The van der Waals surface area contributed by atoms with E-state index in [1.807, 2.05) is 4.90 Å². The van der Waals surface area contributed by atoms with Crippen molar-refractivity contribution < 1.29 is 14.7 Å². The molecule has 1 aliphatic heterocycles. The first-order chi connectivity index (χ1) is 7.91. The number of carboxylic acids is 1. The monoisotopic (exact) mass is 241 g/mol. The first-order valence-electron chi connectivity index (χ1n) is 6.42. The molecular weight excluding hydrogens is 218 g/mol. The number of carbonyl (C=O) groups is 2. The van der Waals surface area contributed by atoms with E-state index in [9.17, 15) is 9.59 Å². The van der Waals surface area contributed by atoms with Crippen LogP contribution in [0.1, 0.15) is 40.0 Å². The Kier molecular flexibility index (Phi) is 4.97. The molecule has 4 nitrogen and oxygen atoms in total. The van der Waals surface area contributed by atoms with Gasteiger partial charge < -0.3 is 10.0 Å². The number of likely N-dealkylation sites (tertiary alicyclic amines) is 1. The van der Waals surface area contributed by atoms with Gasteiger partial charge in [-0.1, -0.05) is 20.8 Å². The van der Waals surface area contributed by atoms with Crippen molar-refractivity contribution in [2.45, 2.75) is 40.0 Å². The zero-order valence-corrected chi connectivity index (χ0v) is 11.0. The zero-order chi connectivity index (χ0) is 13.0. The number of hydrogen-bond donors (Lipinski definition) is 1. The molecule has 0 aliphatic carbocycles. The van der Waals surface area contributed by atoms with E-state index < -0.39 is 5.97 Å². The molecular formula is C13H23NO3. The van der Waals surface area contributed by atoms with Crippen LogP contribution in [0.4, 0.5) is 0 Å². The summed E-state index contributed by atoms with van der Waals surface area (Å²) in [5.74, 6) is 0.0828. The second kappa shape index (κ2) is 6.03. The fourth-order valence-corrected chi connectivity index (χ4v) is 2.02. The fourth-order valence-electron chi connectivity index (χ4n) is 2.02. The van der Waals surface area contributed by atoms with Crippen molar-refractivity contribution in [3.05, 3.63) is 0 Å². The smallest absolute Gasteiger partial charge is 0.306 e. The first-order valence-corrected chi connectivity index (χ1v) is 6.42. The number of nitrogens with zero attached hydrogens (tertiary/aromatic N) is 1. The van der Waals surface area contributed by atoms with E-state index >= 15 is 0 Å². The average molecular weight is 241 g/mol. The summed E-state index contributed by atoms with van der Waals surface area (Å²) in [7, 11) is 0. The fraction of sp³-hybridized carbons (Fsp3) is 0.846. The van der Waals surface area contributed by atoms with Crippen molar-refractivity contribution in [1.29, 1.82) is 0 Å². The maximum Gasteiger partial charge on any atom is 0.306 e. The third kappa shape index (κ3) is 4.02. The molecule has 17 heavy (non-hydrogen) atoms. The standard InChI is InChI=1S/C13H23NO3/c1-9(2)10(3)8-12(15)14-6-4-11(5-7-14)13(16)17/h9-11H,4-8H2,1-3H3,(H,16,17). The van der Waals surface area contributed by atoms with Crippen LogP contribution in [0.15, 0.2) is 0 Å². The lowest BCUT2D eigenvalue weighted by molar-refractivity contribution is -0.146. The average Bonchev–Trinajstić information content (AvgIpc) is 2.28. The molecule has 0 aromatic carbocycles. The largest absolute Gasteiger partial charge is 0.481 e. The summed E-state index contributed by atoms with van der Waals surface area (Å²) in [5, 5.41) is 8.88. The molecule has 0 saturated carbocycles. The lowest BCUT2D eigenvalue weighted by Crippen LogP contribution is -2.41. The van der Waals surface area contributed by atoms with Crippen molar-refractivity contribution in [1.82, 2.24) is 4.90 Å². The van der Waals surface area contributed by atoms with Crippen LogP contribution in [0, 0.1) is 17.8 Å². The highest BCUT2D eigenvalue weighted by atomic mass is 16.4. The molecule has 1 atom stereocenters. The van der Waals surface area contributed by atoms with E-state index in [0.29, 0.717) is 44.2 Å². The molecule has 98 valence electrons. The summed E-state index contributed by atoms with van der Waals surface area (Å²) < 4.78 is 0. The van der Waals surface area contributed by atoms with Gasteiger partial charge in [-0.3, -0.25) is 9.59 Å². The maximum atomic E-state index is 12.0. The number of aliphatic carboxylic acids is 1. The Morgan fingerprint density at radius 1 is 1.24 bits per heavy atom. The quantitative estimate of drug-likeness (QED) is 0.819. The van der Waals surface area contributed by atoms with E-state index in [-0.39, 0.29) is 11.8 Å². The summed E-state index contributed by atoms with van der Waals surface area (Å²) >= 11 is 0. The molecule has 1 heterocycles. The SMILES string of the molecule is CC(C)C(C)CC(=O)N1CCC(C(=O)O)CC1. The van der Waals surface area contributed by atoms with Crippen LogP contribution in [0.2, 0.25) is 0 Å². The summed E-state index contributed by atoms with van der Waals surface area (Å²) in [5.41, 5.74) is 0. The minimum absolute atomic E-state index is 0.176. The highest BCUT2D eigenvalue weighted by molar-refractivity contribution is 5.77. The van der Waals surface area contributed by atoms with Gasteiger partial charge in [-0.05, 0) is 24.7 Å². The van der Waals surface area contributed by atoms with E-state index in [2.05, 4.69) is 20.8 Å². The van der Waals surface area contributed by atoms with Crippen LogP contribution in [-0.2, 0) is 9.59 Å². The number of piperidine rings is 1. The molecule has 1 aliphatic rings. The Bertz CT molecular complexity index is 280. The number of carboxylic acid groups (broad SMARTS) is 1. The molecule has 0 bridgehead atoms. The molecule has 0 aromatic heterocycles. The molecule has 1 saturated heterocycles. The topological polar surface area (TPSA) is 57.6 Å². The molecule has 1 fully saturated rings. The van der Waals surface area contributed by atoms with Gasteiger partial charge in [0.1, 0.15) is 0 Å². The highest BCUT2D eigenvalue weighted by Gasteiger charge is 2.27. The number of rotatable bonds is 4. The molecule has 0 spiro atoms. The van der Waals surface area contributed by atoms with Gasteiger partial charge in [0, 0.05) is 19.5 Å². The molecule has 1 rings (SSSR count). The number of amides is 1. The second-order valence-electron chi connectivity index (χ2n) is 5.42. The first kappa shape index (κ1) is 14.0. The summed E-state index contributed by atoms with van der Waals surface area (Å²) in [6.07, 6.45) is 1.77. The van der Waals surface area contributed by atoms with Crippen LogP contribution >= 0.6 is 0 Å². The summed E-state index contributed by atoms with van der Waals surface area (Å²) in [6.45, 7) is 7.52. The van der Waals surface area contributed by atoms with Gasteiger partial charge in [-0.2, -0.15) is 0 Å². The minimum atomic E-state index is -0.729. The van der Waals surface area contributed by atoms with Gasteiger partial charge in [0.15, 0.2) is 0 Å². The van der Waals surface area contributed by atoms with Crippen LogP contribution in [0.25, 0.3) is 0 Å². The van der Waals surface area contributed by atoms with Crippen LogP contribution in [0.3, 0.4) is 0 Å². The molecule has 4 heteroatoms. The number of hydrogen-bond acceptors (Lipinski definition) is 2. The number of carbonyl (C=O) groups excluding carboxylic acids is 1. The molecule has 0 radical (unpaired) electrons. The lowest BCUT2D eigenvalue weighted by Gasteiger charge is -2.31. The second-order valence-corrected chi connectivity index (χ2v) is 5.42. The molecule has 1 amide bonds. The van der Waals surface area contributed by atoms with E-state index in [4.69, 9.17) is 5.11 Å². The third-order valence-electron chi connectivity index (χ3n) is 3.83. The Balaban J connectivity index is 2.38. The van der Waals surface area contributed by atoms with E-state index in [1.165, 1.54) is 0 Å². The Morgan fingerprint density at radius 3 is 2.18 bits per heavy atom. The van der Waals surface area contributed by atoms with Gasteiger partial charge in [0.25, 0.3) is 0 Å². The van der Waals surface area contributed by atoms with Gasteiger partial charge in [0.2, 0.25) is 5.91 Å². The van der Waals surface area contributed by atoms with Gasteiger partial charge in [-0.15, -0.1) is 0 Å². The van der Waals surface area contributed by atoms with Gasteiger partial charge in [0.05, 0.1) is 5.92 Å². The lowest BCUT2D eigenvalue weighted by atomic mass is 9.92. The minimum Gasteiger partial charge on any atom is -0.481 e. The van der Waals surface area contributed by atoms with Crippen LogP contribution < -0.4 is 0 Å².